The summed E-state index contributed by atoms with van der Waals surface area (Å²) in [5.74, 6) is 0.210. The first-order chi connectivity index (χ1) is 13.4. The fourth-order valence-corrected chi connectivity index (χ4v) is 2.56. The molecule has 0 radical (unpaired) electrons. The molecule has 2 aromatic heterocycles. The molecule has 9 heteroatoms. The fourth-order valence-electron chi connectivity index (χ4n) is 2.56. The zero-order chi connectivity index (χ0) is 19.7. The van der Waals surface area contributed by atoms with Crippen LogP contribution in [0.1, 0.15) is 28.9 Å². The maximum absolute atomic E-state index is 12.7. The monoisotopic (exact) mass is 388 g/mol. The second kappa shape index (κ2) is 6.99. The lowest BCUT2D eigenvalue weighted by molar-refractivity contribution is -0.137. The van der Waals surface area contributed by atoms with Gasteiger partial charge in [-0.1, -0.05) is 0 Å². The summed E-state index contributed by atoms with van der Waals surface area (Å²) in [6.07, 6.45) is -0.990. The molecular weight excluding hydrogens is 373 g/mol. The van der Waals surface area contributed by atoms with Crippen molar-refractivity contribution in [3.05, 3.63) is 59.9 Å². The van der Waals surface area contributed by atoms with Gasteiger partial charge in [-0.15, -0.1) is 0 Å². The van der Waals surface area contributed by atoms with Crippen LogP contribution in [0.5, 0.6) is 11.5 Å². The van der Waals surface area contributed by atoms with Gasteiger partial charge in [0.05, 0.1) is 11.3 Å². The normalized spacial score (nSPS) is 14.0. The molecule has 0 aliphatic heterocycles. The van der Waals surface area contributed by atoms with Gasteiger partial charge in [0, 0.05) is 12.2 Å². The maximum atomic E-state index is 12.7. The quantitative estimate of drug-likeness (QED) is 0.687. The van der Waals surface area contributed by atoms with Crippen LogP contribution in [-0.2, 0) is 6.18 Å². The van der Waals surface area contributed by atoms with E-state index in [9.17, 15) is 18.0 Å². The van der Waals surface area contributed by atoms with E-state index < -0.39 is 11.7 Å². The predicted molar refractivity (Wildman–Crippen MR) is 93.8 cm³/mol. The van der Waals surface area contributed by atoms with E-state index in [1.807, 2.05) is 0 Å². The lowest BCUT2D eigenvalue weighted by atomic mass is 10.2. The van der Waals surface area contributed by atoms with Crippen LogP contribution in [0.3, 0.4) is 0 Å². The Hall–Kier alpha value is -3.36. The van der Waals surface area contributed by atoms with Crippen LogP contribution in [0.15, 0.2) is 48.7 Å². The second-order valence-electron chi connectivity index (χ2n) is 6.39. The third kappa shape index (κ3) is 3.98. The van der Waals surface area contributed by atoms with Gasteiger partial charge < -0.3 is 10.1 Å². The standard InChI is InChI=1S/C19H15F3N4O2/c20-19(21,22)11-1-5-13(6-2-11)28-16-8-7-15(18(27)24-12-3-4-12)25-17(16)14-9-10-23-26-14/h1-2,5-10,12H,3-4H2,(H,23,26)(H,24,27). The van der Waals surface area contributed by atoms with Crippen molar-refractivity contribution < 1.29 is 22.7 Å². The fraction of sp³-hybridized carbons (Fsp3) is 0.211. The highest BCUT2D eigenvalue weighted by molar-refractivity contribution is 5.93. The van der Waals surface area contributed by atoms with Gasteiger partial charge in [0.2, 0.25) is 0 Å². The average Bonchev–Trinajstić information content (AvgIpc) is 3.30. The highest BCUT2D eigenvalue weighted by Crippen LogP contribution is 2.34. The van der Waals surface area contributed by atoms with Gasteiger partial charge in [0.15, 0.2) is 5.75 Å². The van der Waals surface area contributed by atoms with E-state index >= 15 is 0 Å². The largest absolute Gasteiger partial charge is 0.455 e. The Bertz CT molecular complexity index is 981. The number of nitrogens with zero attached hydrogens (tertiary/aromatic N) is 2. The molecule has 2 heterocycles. The minimum absolute atomic E-state index is 0.188. The van der Waals surface area contributed by atoms with Gasteiger partial charge in [0.1, 0.15) is 17.1 Å². The Balaban J connectivity index is 1.63. The molecular formula is C19H15F3N4O2. The number of amides is 1. The number of aromatic nitrogens is 3. The summed E-state index contributed by atoms with van der Waals surface area (Å²) < 4.78 is 43.9. The third-order valence-corrected chi connectivity index (χ3v) is 4.17. The maximum Gasteiger partial charge on any atom is 0.416 e. The Kier molecular flexibility index (Phi) is 4.50. The Morgan fingerprint density at radius 3 is 2.46 bits per heavy atom. The number of hydrogen-bond donors (Lipinski definition) is 2. The van der Waals surface area contributed by atoms with Gasteiger partial charge in [0.25, 0.3) is 5.91 Å². The van der Waals surface area contributed by atoms with E-state index in [1.165, 1.54) is 24.4 Å². The zero-order valence-corrected chi connectivity index (χ0v) is 14.5. The molecule has 1 aromatic carbocycles. The first kappa shape index (κ1) is 18.0. The number of rotatable bonds is 5. The van der Waals surface area contributed by atoms with Crippen LogP contribution in [0.4, 0.5) is 13.2 Å². The van der Waals surface area contributed by atoms with Crippen molar-refractivity contribution in [1.82, 2.24) is 20.5 Å². The first-order valence-corrected chi connectivity index (χ1v) is 8.57. The number of H-pyrrole nitrogens is 1. The van der Waals surface area contributed by atoms with Crippen LogP contribution in [0.25, 0.3) is 11.4 Å². The molecule has 0 atom stereocenters. The van der Waals surface area contributed by atoms with Crippen molar-refractivity contribution in [2.24, 2.45) is 0 Å². The van der Waals surface area contributed by atoms with Crippen LogP contribution < -0.4 is 10.1 Å². The van der Waals surface area contributed by atoms with E-state index in [4.69, 9.17) is 4.74 Å². The second-order valence-corrected chi connectivity index (χ2v) is 6.39. The van der Waals surface area contributed by atoms with Crippen molar-refractivity contribution >= 4 is 5.91 Å². The van der Waals surface area contributed by atoms with Gasteiger partial charge >= 0.3 is 6.18 Å². The molecule has 4 rings (SSSR count). The Morgan fingerprint density at radius 2 is 1.86 bits per heavy atom. The third-order valence-electron chi connectivity index (χ3n) is 4.17. The number of pyridine rings is 1. The molecule has 1 aliphatic rings. The summed E-state index contributed by atoms with van der Waals surface area (Å²) in [7, 11) is 0. The lowest BCUT2D eigenvalue weighted by Gasteiger charge is -2.12. The molecule has 1 aliphatic carbocycles. The molecule has 0 saturated heterocycles. The van der Waals surface area contributed by atoms with E-state index in [0.717, 1.165) is 25.0 Å². The average molecular weight is 388 g/mol. The van der Waals surface area contributed by atoms with Crippen LogP contribution in [0.2, 0.25) is 0 Å². The highest BCUT2D eigenvalue weighted by atomic mass is 19.4. The zero-order valence-electron chi connectivity index (χ0n) is 14.5. The van der Waals surface area contributed by atoms with Crippen molar-refractivity contribution in [3.8, 4) is 22.9 Å². The van der Waals surface area contributed by atoms with Crippen molar-refractivity contribution in [2.45, 2.75) is 25.1 Å². The molecule has 144 valence electrons. The minimum atomic E-state index is -4.42. The summed E-state index contributed by atoms with van der Waals surface area (Å²) in [4.78, 5) is 16.6. The SMILES string of the molecule is O=C(NC1CC1)c1ccc(Oc2ccc(C(F)(F)F)cc2)c(-c2ccn[nH]2)n1. The number of carbonyl (C=O) groups is 1. The highest BCUT2D eigenvalue weighted by Gasteiger charge is 2.30. The van der Waals surface area contributed by atoms with Crippen molar-refractivity contribution in [1.29, 1.82) is 0 Å². The van der Waals surface area contributed by atoms with Crippen LogP contribution in [-0.4, -0.2) is 27.1 Å². The first-order valence-electron chi connectivity index (χ1n) is 8.57. The number of nitrogens with one attached hydrogen (secondary N) is 2. The van der Waals surface area contributed by atoms with E-state index in [1.54, 1.807) is 12.1 Å². The van der Waals surface area contributed by atoms with Gasteiger partial charge in [-0.3, -0.25) is 9.89 Å². The minimum Gasteiger partial charge on any atom is -0.455 e. The molecule has 0 bridgehead atoms. The summed E-state index contributed by atoms with van der Waals surface area (Å²) in [6, 6.07) is 9.25. The van der Waals surface area contributed by atoms with E-state index in [0.29, 0.717) is 11.4 Å². The number of aromatic amines is 1. The molecule has 0 unspecified atom stereocenters. The number of carbonyl (C=O) groups excluding carboxylic acids is 1. The molecule has 1 amide bonds. The Morgan fingerprint density at radius 1 is 1.11 bits per heavy atom. The number of benzene rings is 1. The molecule has 0 spiro atoms. The number of alkyl halides is 3. The van der Waals surface area contributed by atoms with Crippen molar-refractivity contribution in [3.63, 3.8) is 0 Å². The molecule has 1 saturated carbocycles. The van der Waals surface area contributed by atoms with Crippen molar-refractivity contribution in [2.75, 3.05) is 0 Å². The summed E-state index contributed by atoms with van der Waals surface area (Å²) >= 11 is 0. The van der Waals surface area contributed by atoms with Crippen LogP contribution >= 0.6 is 0 Å². The molecule has 3 aromatic rings. The van der Waals surface area contributed by atoms with Gasteiger partial charge in [-0.2, -0.15) is 18.3 Å². The van der Waals surface area contributed by atoms with Crippen LogP contribution in [0, 0.1) is 0 Å². The van der Waals surface area contributed by atoms with E-state index in [2.05, 4.69) is 20.5 Å². The van der Waals surface area contributed by atoms with E-state index in [-0.39, 0.29) is 29.1 Å². The summed E-state index contributed by atoms with van der Waals surface area (Å²) in [5.41, 5.74) is 0.305. The van der Waals surface area contributed by atoms with Gasteiger partial charge in [-0.25, -0.2) is 4.98 Å². The smallest absolute Gasteiger partial charge is 0.416 e. The summed E-state index contributed by atoms with van der Waals surface area (Å²) in [5, 5.41) is 9.48. The lowest BCUT2D eigenvalue weighted by Crippen LogP contribution is -2.26. The number of halogens is 3. The summed E-state index contributed by atoms with van der Waals surface area (Å²) in [6.45, 7) is 0. The molecule has 2 N–H and O–H groups in total. The topological polar surface area (TPSA) is 79.9 Å². The Labute approximate surface area is 157 Å². The number of hydrogen-bond acceptors (Lipinski definition) is 4. The number of ether oxygens (including phenoxy) is 1. The molecule has 28 heavy (non-hydrogen) atoms. The predicted octanol–water partition coefficient (Wildman–Crippen LogP) is 4.18. The molecule has 6 nitrogen and oxygen atoms in total. The van der Waals surface area contributed by atoms with Gasteiger partial charge in [-0.05, 0) is 55.3 Å². The molecule has 1 fully saturated rings.